The van der Waals surface area contributed by atoms with Gasteiger partial charge < -0.3 is 15.7 Å². The van der Waals surface area contributed by atoms with Gasteiger partial charge in [-0.2, -0.15) is 5.10 Å². The van der Waals surface area contributed by atoms with Crippen LogP contribution in [0.1, 0.15) is 70.2 Å². The van der Waals surface area contributed by atoms with Crippen molar-refractivity contribution in [2.75, 3.05) is 5.32 Å². The molecule has 1 fully saturated rings. The molecule has 4 N–H and O–H groups in total. The Morgan fingerprint density at radius 1 is 1.09 bits per heavy atom. The molecule has 1 aliphatic rings. The summed E-state index contributed by atoms with van der Waals surface area (Å²) in [5.74, 6) is -2.44. The van der Waals surface area contributed by atoms with E-state index in [0.29, 0.717) is 17.8 Å². The number of H-pyrrole nitrogens is 1. The quantitative estimate of drug-likeness (QED) is 0.518. The third-order valence-corrected chi connectivity index (χ3v) is 6.35. The lowest BCUT2D eigenvalue weighted by Crippen LogP contribution is -2.43. The molecule has 1 saturated carbocycles. The summed E-state index contributed by atoms with van der Waals surface area (Å²) in [6.45, 7) is 5.77. The Labute approximate surface area is 186 Å². The van der Waals surface area contributed by atoms with Crippen molar-refractivity contribution in [3.63, 3.8) is 0 Å². The van der Waals surface area contributed by atoms with Crippen LogP contribution in [0.4, 0.5) is 14.6 Å². The normalized spacial score (nSPS) is 16.9. The van der Waals surface area contributed by atoms with Gasteiger partial charge in [0.25, 0.3) is 5.91 Å². The predicted octanol–water partition coefficient (Wildman–Crippen LogP) is 3.72. The number of nitrogens with one attached hydrogen (secondary N) is 3. The number of halogens is 2. The molecule has 7 nitrogen and oxygen atoms in total. The van der Waals surface area contributed by atoms with Crippen LogP contribution in [0, 0.1) is 17.6 Å². The topological polar surface area (TPSA) is 107 Å². The lowest BCUT2D eigenvalue weighted by molar-refractivity contribution is -0.132. The smallest absolute Gasteiger partial charge is 0.254 e. The van der Waals surface area contributed by atoms with Gasteiger partial charge in [-0.05, 0) is 43.4 Å². The largest absolute Gasteiger partial charge is 0.378 e. The lowest BCUT2D eigenvalue weighted by Gasteiger charge is -2.36. The maximum Gasteiger partial charge on any atom is 0.254 e. The Kier molecular flexibility index (Phi) is 7.28. The van der Waals surface area contributed by atoms with E-state index in [1.54, 1.807) is 6.07 Å². The zero-order valence-electron chi connectivity index (χ0n) is 18.5. The van der Waals surface area contributed by atoms with Crippen molar-refractivity contribution < 1.29 is 23.5 Å². The van der Waals surface area contributed by atoms with E-state index < -0.39 is 35.6 Å². The van der Waals surface area contributed by atoms with E-state index in [2.05, 4.69) is 34.7 Å². The molecule has 0 unspecified atom stereocenters. The van der Waals surface area contributed by atoms with Crippen molar-refractivity contribution in [1.29, 1.82) is 0 Å². The van der Waals surface area contributed by atoms with Gasteiger partial charge in [-0.25, -0.2) is 8.78 Å². The second kappa shape index (κ2) is 9.77. The Bertz CT molecular complexity index is 950. The highest BCUT2D eigenvalue weighted by Gasteiger charge is 2.34. The molecule has 1 aromatic carbocycles. The molecule has 0 saturated heterocycles. The number of aromatic nitrogens is 2. The van der Waals surface area contributed by atoms with Gasteiger partial charge >= 0.3 is 0 Å². The molecular weight excluding hydrogens is 418 g/mol. The number of hydrogen-bond donors (Lipinski definition) is 4. The minimum Gasteiger partial charge on any atom is -0.378 e. The van der Waals surface area contributed by atoms with Gasteiger partial charge in [0.15, 0.2) is 11.9 Å². The monoisotopic (exact) mass is 448 g/mol. The summed E-state index contributed by atoms with van der Waals surface area (Å²) >= 11 is 0. The van der Waals surface area contributed by atoms with Crippen LogP contribution in [-0.2, 0) is 15.0 Å². The van der Waals surface area contributed by atoms with Gasteiger partial charge in [0.2, 0.25) is 5.91 Å². The number of aromatic amines is 1. The van der Waals surface area contributed by atoms with E-state index in [1.165, 1.54) is 26.2 Å². The zero-order valence-corrected chi connectivity index (χ0v) is 18.5. The molecule has 2 aromatic rings. The van der Waals surface area contributed by atoms with Crippen molar-refractivity contribution >= 4 is 17.6 Å². The SMILES string of the molecule is C[C@H](NC(=O)[C@@H](O)c1cc(F)cc(F)c1)C(=O)Nc1cc(C(C)(C)C2CCCCC2)[nH]n1. The molecule has 32 heavy (non-hydrogen) atoms. The van der Waals surface area contributed by atoms with E-state index in [4.69, 9.17) is 0 Å². The van der Waals surface area contributed by atoms with Crippen LogP contribution in [0.25, 0.3) is 0 Å². The number of anilines is 1. The molecule has 1 aromatic heterocycles. The number of rotatable bonds is 7. The first-order valence-electron chi connectivity index (χ1n) is 10.9. The summed E-state index contributed by atoms with van der Waals surface area (Å²) in [4.78, 5) is 24.7. The summed E-state index contributed by atoms with van der Waals surface area (Å²) in [5, 5.41) is 22.3. The van der Waals surface area contributed by atoms with Crippen molar-refractivity contribution in [2.45, 2.75) is 70.4 Å². The molecule has 174 valence electrons. The number of carbonyl (C=O) groups is 2. The second-order valence-electron chi connectivity index (χ2n) is 9.05. The summed E-state index contributed by atoms with van der Waals surface area (Å²) in [5.41, 5.74) is 0.579. The van der Waals surface area contributed by atoms with Crippen molar-refractivity contribution in [2.24, 2.45) is 5.92 Å². The molecule has 0 aliphatic heterocycles. The number of aliphatic hydroxyl groups is 1. The first-order chi connectivity index (χ1) is 15.1. The Morgan fingerprint density at radius 3 is 2.34 bits per heavy atom. The van der Waals surface area contributed by atoms with Crippen LogP contribution in [0.5, 0.6) is 0 Å². The average Bonchev–Trinajstić information content (AvgIpc) is 3.22. The van der Waals surface area contributed by atoms with Crippen LogP contribution < -0.4 is 10.6 Å². The number of benzene rings is 1. The van der Waals surface area contributed by atoms with Gasteiger partial charge in [-0.15, -0.1) is 0 Å². The molecule has 2 atom stereocenters. The Hall–Kier alpha value is -2.81. The first kappa shape index (κ1) is 23.8. The van der Waals surface area contributed by atoms with Crippen LogP contribution >= 0.6 is 0 Å². The molecule has 9 heteroatoms. The number of aliphatic hydroxyl groups excluding tert-OH is 1. The number of amides is 2. The third kappa shape index (κ3) is 5.51. The number of hydrogen-bond acceptors (Lipinski definition) is 4. The zero-order chi connectivity index (χ0) is 23.5. The minimum absolute atomic E-state index is 0.111. The summed E-state index contributed by atoms with van der Waals surface area (Å²) in [7, 11) is 0. The standard InChI is InChI=1S/C23H30F2N4O3/c1-13(26-22(32)20(30)14-9-16(24)11-17(25)10-14)21(31)27-19-12-18(28-29-19)23(2,3)15-7-5-4-6-8-15/h9-13,15,20,30H,4-8H2,1-3H3,(H,26,32)(H2,27,28,29,31)/t13-,20-/m0/s1. The van der Waals surface area contributed by atoms with Crippen molar-refractivity contribution in [3.8, 4) is 0 Å². The predicted molar refractivity (Wildman–Crippen MR) is 116 cm³/mol. The summed E-state index contributed by atoms with van der Waals surface area (Å²) < 4.78 is 26.7. The van der Waals surface area contributed by atoms with E-state index in [0.717, 1.165) is 30.7 Å². The molecule has 2 amide bonds. The highest BCUT2D eigenvalue weighted by molar-refractivity contribution is 5.97. The van der Waals surface area contributed by atoms with Crippen LogP contribution in [0.3, 0.4) is 0 Å². The van der Waals surface area contributed by atoms with Crippen LogP contribution in [0.2, 0.25) is 0 Å². The van der Waals surface area contributed by atoms with Gasteiger partial charge in [-0.3, -0.25) is 14.7 Å². The van der Waals surface area contributed by atoms with Crippen molar-refractivity contribution in [1.82, 2.24) is 15.5 Å². The van der Waals surface area contributed by atoms with Gasteiger partial charge in [0, 0.05) is 23.2 Å². The van der Waals surface area contributed by atoms with Gasteiger partial charge in [-0.1, -0.05) is 33.1 Å². The van der Waals surface area contributed by atoms with Crippen LogP contribution in [-0.4, -0.2) is 33.2 Å². The molecule has 0 radical (unpaired) electrons. The fraction of sp³-hybridized carbons (Fsp3) is 0.522. The molecule has 0 spiro atoms. The number of nitrogens with zero attached hydrogens (tertiary/aromatic N) is 1. The van der Waals surface area contributed by atoms with E-state index >= 15 is 0 Å². The highest BCUT2D eigenvalue weighted by Crippen LogP contribution is 2.40. The van der Waals surface area contributed by atoms with E-state index in [1.807, 2.05) is 0 Å². The summed E-state index contributed by atoms with van der Waals surface area (Å²) in [6, 6.07) is 3.14. The van der Waals surface area contributed by atoms with Crippen LogP contribution in [0.15, 0.2) is 24.3 Å². The molecule has 1 heterocycles. The number of carbonyl (C=O) groups excluding carboxylic acids is 2. The first-order valence-corrected chi connectivity index (χ1v) is 10.9. The van der Waals surface area contributed by atoms with E-state index in [-0.39, 0.29) is 11.0 Å². The van der Waals surface area contributed by atoms with E-state index in [9.17, 15) is 23.5 Å². The fourth-order valence-electron chi connectivity index (χ4n) is 4.24. The Morgan fingerprint density at radius 2 is 1.72 bits per heavy atom. The average molecular weight is 449 g/mol. The lowest BCUT2D eigenvalue weighted by atomic mass is 9.69. The maximum absolute atomic E-state index is 13.3. The minimum atomic E-state index is -1.82. The maximum atomic E-state index is 13.3. The van der Waals surface area contributed by atoms with Gasteiger partial charge in [0.1, 0.15) is 17.7 Å². The highest BCUT2D eigenvalue weighted by atomic mass is 19.1. The molecular formula is C23H30F2N4O3. The molecule has 1 aliphatic carbocycles. The summed E-state index contributed by atoms with van der Waals surface area (Å²) in [6.07, 6.45) is 4.21. The molecule has 0 bridgehead atoms. The fourth-order valence-corrected chi connectivity index (χ4v) is 4.24. The second-order valence-corrected chi connectivity index (χ2v) is 9.05. The van der Waals surface area contributed by atoms with Gasteiger partial charge in [0.05, 0.1) is 0 Å². The molecule has 3 rings (SSSR count). The third-order valence-electron chi connectivity index (χ3n) is 6.35. The van der Waals surface area contributed by atoms with Crippen molar-refractivity contribution in [3.05, 3.63) is 47.2 Å². The Balaban J connectivity index is 1.59.